The van der Waals surface area contributed by atoms with Crippen LogP contribution in [0.15, 0.2) is 6.07 Å². The standard InChI is InChI=1S/C24H32N4O3S/c29-23(25-22-17-7-3-5-15(17)13-16-6-4-8-18(16)22)26-32(30,31)28-19-9-10-24(19)20(14-21(24)28)27-11-1-2-12-27/h13,19-21H,1-12,14H2,(H2,25,26,29). The minimum Gasteiger partial charge on any atom is -0.307 e. The summed E-state index contributed by atoms with van der Waals surface area (Å²) in [4.78, 5) is 15.5. The Morgan fingerprint density at radius 1 is 0.938 bits per heavy atom. The number of carbonyl (C=O) groups is 1. The number of urea groups is 1. The number of hydrogen-bond acceptors (Lipinski definition) is 4. The molecule has 4 atom stereocenters. The van der Waals surface area contributed by atoms with Crippen LogP contribution < -0.4 is 10.0 Å². The maximum atomic E-state index is 13.2. The second kappa shape index (κ2) is 6.70. The summed E-state index contributed by atoms with van der Waals surface area (Å²) in [6.07, 6.45) is 11.7. The molecule has 6 aliphatic rings. The Morgan fingerprint density at radius 2 is 1.62 bits per heavy atom. The Kier molecular flexibility index (Phi) is 4.15. The van der Waals surface area contributed by atoms with Crippen molar-refractivity contribution >= 4 is 21.9 Å². The highest BCUT2D eigenvalue weighted by molar-refractivity contribution is 7.87. The van der Waals surface area contributed by atoms with Crippen molar-refractivity contribution in [3.8, 4) is 0 Å². The molecule has 1 aromatic rings. The molecule has 4 aliphatic carbocycles. The van der Waals surface area contributed by atoms with Gasteiger partial charge in [0.1, 0.15) is 0 Å². The summed E-state index contributed by atoms with van der Waals surface area (Å²) in [5.74, 6) is 0. The van der Waals surface area contributed by atoms with Crippen LogP contribution in [0.4, 0.5) is 10.5 Å². The summed E-state index contributed by atoms with van der Waals surface area (Å²) >= 11 is 0. The normalized spacial score (nSPS) is 35.1. The zero-order valence-corrected chi connectivity index (χ0v) is 19.3. The highest BCUT2D eigenvalue weighted by Gasteiger charge is 2.78. The van der Waals surface area contributed by atoms with Crippen LogP contribution in [0.1, 0.15) is 67.2 Å². The van der Waals surface area contributed by atoms with Crippen molar-refractivity contribution in [2.75, 3.05) is 18.4 Å². The molecule has 2 N–H and O–H groups in total. The van der Waals surface area contributed by atoms with E-state index in [1.807, 2.05) is 0 Å². The number of piperidine rings is 2. The zero-order valence-electron chi connectivity index (χ0n) is 18.5. The third kappa shape index (κ3) is 2.49. The van der Waals surface area contributed by atoms with Crippen LogP contribution in [0.25, 0.3) is 0 Å². The molecule has 1 aromatic carbocycles. The largest absolute Gasteiger partial charge is 0.333 e. The lowest BCUT2D eigenvalue weighted by Crippen LogP contribution is -2.90. The first-order chi connectivity index (χ1) is 15.5. The van der Waals surface area contributed by atoms with Crippen LogP contribution in [0.5, 0.6) is 0 Å². The lowest BCUT2D eigenvalue weighted by molar-refractivity contribution is -0.266. The highest BCUT2D eigenvalue weighted by Crippen LogP contribution is 2.70. The van der Waals surface area contributed by atoms with Gasteiger partial charge in [0.2, 0.25) is 0 Å². The molecule has 32 heavy (non-hydrogen) atoms. The molecule has 8 heteroatoms. The third-order valence-electron chi connectivity index (χ3n) is 9.57. The van der Waals surface area contributed by atoms with Gasteiger partial charge in [-0.25, -0.2) is 9.52 Å². The lowest BCUT2D eigenvalue weighted by Gasteiger charge is -2.79. The van der Waals surface area contributed by atoms with Gasteiger partial charge in [-0.2, -0.15) is 12.7 Å². The molecule has 7 rings (SSSR count). The lowest BCUT2D eigenvalue weighted by atomic mass is 9.41. The van der Waals surface area contributed by atoms with E-state index >= 15 is 0 Å². The first-order valence-electron chi connectivity index (χ1n) is 12.5. The highest BCUT2D eigenvalue weighted by atomic mass is 32.2. The van der Waals surface area contributed by atoms with Gasteiger partial charge in [-0.1, -0.05) is 6.07 Å². The van der Waals surface area contributed by atoms with Crippen LogP contribution in [0.2, 0.25) is 0 Å². The van der Waals surface area contributed by atoms with Gasteiger partial charge < -0.3 is 5.32 Å². The minimum atomic E-state index is -3.83. The Labute approximate surface area is 190 Å². The summed E-state index contributed by atoms with van der Waals surface area (Å²) in [5.41, 5.74) is 6.14. The molecule has 0 bridgehead atoms. The fourth-order valence-electron chi connectivity index (χ4n) is 8.09. The van der Waals surface area contributed by atoms with Gasteiger partial charge in [0.25, 0.3) is 0 Å². The first kappa shape index (κ1) is 19.8. The number of benzene rings is 1. The molecular formula is C24H32N4O3S. The van der Waals surface area contributed by atoms with Gasteiger partial charge >= 0.3 is 16.2 Å². The van der Waals surface area contributed by atoms with E-state index in [1.165, 1.54) is 35.1 Å². The fraction of sp³-hybridized carbons (Fsp3) is 0.708. The average molecular weight is 457 g/mol. The molecule has 2 saturated heterocycles. The molecule has 0 radical (unpaired) electrons. The summed E-state index contributed by atoms with van der Waals surface area (Å²) in [6.45, 7) is 2.32. The number of carbonyl (C=O) groups excluding carboxylic acids is 1. The van der Waals surface area contributed by atoms with Gasteiger partial charge in [-0.15, -0.1) is 0 Å². The summed E-state index contributed by atoms with van der Waals surface area (Å²) in [7, 11) is -3.83. The number of likely N-dealkylation sites (tertiary alicyclic amines) is 1. The number of aryl methyl sites for hydroxylation is 2. The van der Waals surface area contributed by atoms with E-state index in [0.717, 1.165) is 76.6 Å². The van der Waals surface area contributed by atoms with E-state index in [1.54, 1.807) is 4.31 Å². The maximum absolute atomic E-state index is 13.2. The van der Waals surface area contributed by atoms with Crippen molar-refractivity contribution in [3.63, 3.8) is 0 Å². The zero-order chi connectivity index (χ0) is 21.7. The van der Waals surface area contributed by atoms with Gasteiger partial charge in [-0.3, -0.25) is 4.90 Å². The van der Waals surface area contributed by atoms with E-state index in [2.05, 4.69) is 21.0 Å². The molecule has 4 fully saturated rings. The Morgan fingerprint density at radius 3 is 2.22 bits per heavy atom. The number of hydrogen-bond donors (Lipinski definition) is 2. The fourth-order valence-corrected chi connectivity index (χ4v) is 9.73. The monoisotopic (exact) mass is 456 g/mol. The van der Waals surface area contributed by atoms with Crippen LogP contribution >= 0.6 is 0 Å². The molecule has 172 valence electrons. The van der Waals surface area contributed by atoms with E-state index < -0.39 is 16.2 Å². The number of nitrogens with one attached hydrogen (secondary N) is 2. The van der Waals surface area contributed by atoms with E-state index in [9.17, 15) is 13.2 Å². The maximum Gasteiger partial charge on any atom is 0.333 e. The Hall–Kier alpha value is -1.64. The van der Waals surface area contributed by atoms with Gasteiger partial charge in [0.05, 0.1) is 0 Å². The van der Waals surface area contributed by atoms with Crippen molar-refractivity contribution in [3.05, 3.63) is 28.3 Å². The number of amides is 2. The van der Waals surface area contributed by atoms with Crippen molar-refractivity contribution in [2.24, 2.45) is 5.41 Å². The predicted molar refractivity (Wildman–Crippen MR) is 122 cm³/mol. The second-order valence-corrected chi connectivity index (χ2v) is 12.4. The van der Waals surface area contributed by atoms with Crippen molar-refractivity contribution < 1.29 is 13.2 Å². The predicted octanol–water partition coefficient (Wildman–Crippen LogP) is 2.73. The number of fused-ring (bicyclic) bond motifs is 2. The van der Waals surface area contributed by atoms with Crippen molar-refractivity contribution in [1.82, 2.24) is 13.9 Å². The van der Waals surface area contributed by atoms with Crippen molar-refractivity contribution in [1.29, 1.82) is 0 Å². The van der Waals surface area contributed by atoms with E-state index in [4.69, 9.17) is 0 Å². The molecule has 4 unspecified atom stereocenters. The molecular weight excluding hydrogens is 424 g/mol. The van der Waals surface area contributed by atoms with Gasteiger partial charge in [-0.05, 0) is 106 Å². The molecule has 7 nitrogen and oxygen atoms in total. The molecule has 2 aliphatic heterocycles. The number of nitrogens with zero attached hydrogens (tertiary/aromatic N) is 2. The molecule has 2 heterocycles. The van der Waals surface area contributed by atoms with E-state index in [0.29, 0.717) is 6.04 Å². The minimum absolute atomic E-state index is 0.0716. The van der Waals surface area contributed by atoms with Crippen molar-refractivity contribution in [2.45, 2.75) is 88.8 Å². The average Bonchev–Trinajstić information content (AvgIpc) is 3.46. The Bertz CT molecular complexity index is 1070. The topological polar surface area (TPSA) is 81.8 Å². The summed E-state index contributed by atoms with van der Waals surface area (Å²) in [6, 6.07) is 2.40. The molecule has 0 aromatic heterocycles. The number of rotatable bonds is 4. The van der Waals surface area contributed by atoms with Gasteiger partial charge in [0.15, 0.2) is 0 Å². The van der Waals surface area contributed by atoms with Crippen LogP contribution in [0, 0.1) is 5.41 Å². The van der Waals surface area contributed by atoms with Crippen LogP contribution in [-0.2, 0) is 35.9 Å². The summed E-state index contributed by atoms with van der Waals surface area (Å²) < 4.78 is 30.5. The quantitative estimate of drug-likeness (QED) is 0.730. The van der Waals surface area contributed by atoms with Gasteiger partial charge in [0, 0.05) is 29.2 Å². The molecule has 1 spiro atoms. The first-order valence-corrected chi connectivity index (χ1v) is 14.0. The SMILES string of the molecule is O=C(Nc1c2c(cc3c1CCC3)CCC2)NS(=O)(=O)N1C2CCC23C(N2CCCC2)CC13. The van der Waals surface area contributed by atoms with Crippen LogP contribution in [-0.4, -0.2) is 54.9 Å². The van der Waals surface area contributed by atoms with E-state index in [-0.39, 0.29) is 17.5 Å². The smallest absolute Gasteiger partial charge is 0.307 e. The third-order valence-corrected chi connectivity index (χ3v) is 11.1. The Balaban J connectivity index is 1.08. The number of anilines is 1. The van der Waals surface area contributed by atoms with Crippen LogP contribution in [0.3, 0.4) is 0 Å². The molecule has 2 amide bonds. The summed E-state index contributed by atoms with van der Waals surface area (Å²) in [5, 5.41) is 2.98. The second-order valence-electron chi connectivity index (χ2n) is 10.8. The molecule has 2 saturated carbocycles.